The molecular formula is C19H38O4S. The maximum absolute atomic E-state index is 11.3. The average molecular weight is 363 g/mol. The number of unbranched alkanes of at least 4 members (excludes halogenated alkanes) is 9. The van der Waals surface area contributed by atoms with Gasteiger partial charge in [0.2, 0.25) is 5.79 Å². The fraction of sp³-hybridized carbons (Fsp3) is 0.947. The van der Waals surface area contributed by atoms with Gasteiger partial charge in [0.15, 0.2) is 0 Å². The molecule has 24 heavy (non-hydrogen) atoms. The van der Waals surface area contributed by atoms with Crippen molar-refractivity contribution in [2.75, 3.05) is 12.4 Å². The van der Waals surface area contributed by atoms with Gasteiger partial charge in [0.25, 0.3) is 0 Å². The van der Waals surface area contributed by atoms with Crippen LogP contribution < -0.4 is 0 Å². The van der Waals surface area contributed by atoms with E-state index in [-0.39, 0.29) is 13.0 Å². The lowest BCUT2D eigenvalue weighted by Crippen LogP contribution is -2.44. The van der Waals surface area contributed by atoms with Crippen molar-refractivity contribution in [3.8, 4) is 0 Å². The van der Waals surface area contributed by atoms with Crippen molar-refractivity contribution in [3.63, 3.8) is 0 Å². The summed E-state index contributed by atoms with van der Waals surface area (Å²) in [5, 5.41) is 19.2. The smallest absolute Gasteiger partial charge is 0.308 e. The normalized spacial score (nSPS) is 15.0. The topological polar surface area (TPSA) is 66.8 Å². The van der Waals surface area contributed by atoms with Crippen LogP contribution in [0.25, 0.3) is 0 Å². The summed E-state index contributed by atoms with van der Waals surface area (Å²) < 4.78 is 5.03. The Morgan fingerprint density at radius 1 is 1.00 bits per heavy atom. The number of aliphatic hydroxyl groups excluding tert-OH is 1. The van der Waals surface area contributed by atoms with E-state index < -0.39 is 17.0 Å². The van der Waals surface area contributed by atoms with E-state index in [1.807, 2.05) is 0 Å². The highest BCUT2D eigenvalue weighted by Gasteiger charge is 2.35. The summed E-state index contributed by atoms with van der Waals surface area (Å²) in [6.07, 6.45) is 13.1. The minimum absolute atomic E-state index is 0.202. The fourth-order valence-electron chi connectivity index (χ4n) is 2.56. The van der Waals surface area contributed by atoms with Gasteiger partial charge in [-0.15, -0.1) is 11.8 Å². The molecule has 0 saturated heterocycles. The molecule has 0 rings (SSSR count). The van der Waals surface area contributed by atoms with E-state index in [2.05, 4.69) is 6.92 Å². The highest BCUT2D eigenvalue weighted by atomic mass is 32.2. The number of carbonyl (C=O) groups excluding carboxylic acids is 1. The van der Waals surface area contributed by atoms with Crippen molar-refractivity contribution in [2.24, 2.45) is 0 Å². The number of rotatable bonds is 16. The van der Waals surface area contributed by atoms with Crippen molar-refractivity contribution in [3.05, 3.63) is 0 Å². The molecule has 0 aromatic heterocycles. The zero-order chi connectivity index (χ0) is 18.3. The monoisotopic (exact) mass is 362 g/mol. The molecule has 0 spiro atoms. The highest BCUT2D eigenvalue weighted by Crippen LogP contribution is 2.26. The van der Waals surface area contributed by atoms with Crippen molar-refractivity contribution < 1.29 is 19.7 Å². The molecular weight excluding hydrogens is 324 g/mol. The first kappa shape index (κ1) is 23.7. The molecule has 2 unspecified atom stereocenters. The molecule has 0 aromatic carbocycles. The Morgan fingerprint density at radius 2 is 1.50 bits per heavy atom. The molecule has 0 bridgehead atoms. The van der Waals surface area contributed by atoms with Crippen LogP contribution in [-0.4, -0.2) is 39.6 Å². The molecule has 0 aliphatic carbocycles. The molecule has 144 valence electrons. The van der Waals surface area contributed by atoms with Gasteiger partial charge in [0.1, 0.15) is 0 Å². The van der Waals surface area contributed by atoms with Gasteiger partial charge in [0, 0.05) is 13.3 Å². The Balaban J connectivity index is 3.68. The third-order valence-electron chi connectivity index (χ3n) is 4.19. The molecule has 0 amide bonds. The van der Waals surface area contributed by atoms with Gasteiger partial charge in [-0.05, 0) is 12.2 Å². The zero-order valence-electron chi connectivity index (χ0n) is 15.9. The van der Waals surface area contributed by atoms with Crippen molar-refractivity contribution in [2.45, 2.75) is 102 Å². The number of esters is 1. The summed E-state index contributed by atoms with van der Waals surface area (Å²) in [6, 6.07) is 0. The predicted octanol–water partition coefficient (Wildman–Crippen LogP) is 4.66. The van der Waals surface area contributed by atoms with Crippen LogP contribution >= 0.6 is 11.8 Å². The molecule has 2 N–H and O–H groups in total. The van der Waals surface area contributed by atoms with Gasteiger partial charge in [0.05, 0.1) is 11.9 Å². The van der Waals surface area contributed by atoms with Crippen molar-refractivity contribution >= 4 is 17.7 Å². The van der Waals surface area contributed by atoms with Crippen molar-refractivity contribution in [1.82, 2.24) is 0 Å². The summed E-state index contributed by atoms with van der Waals surface area (Å²) >= 11 is 1.48. The lowest BCUT2D eigenvalue weighted by atomic mass is 10.1. The van der Waals surface area contributed by atoms with Crippen LogP contribution in [0.3, 0.4) is 0 Å². The molecule has 0 saturated carbocycles. The third-order valence-corrected chi connectivity index (χ3v) is 5.70. The molecule has 0 aliphatic heterocycles. The minimum Gasteiger partial charge on any atom is -0.432 e. The Labute approximate surface area is 152 Å². The van der Waals surface area contributed by atoms with Crippen LogP contribution in [0.15, 0.2) is 0 Å². The van der Waals surface area contributed by atoms with Gasteiger partial charge >= 0.3 is 5.97 Å². The van der Waals surface area contributed by atoms with Gasteiger partial charge in [-0.3, -0.25) is 4.79 Å². The summed E-state index contributed by atoms with van der Waals surface area (Å²) in [4.78, 5) is 11.3. The number of carbonyl (C=O) groups is 1. The van der Waals surface area contributed by atoms with Gasteiger partial charge in [-0.2, -0.15) is 0 Å². The molecule has 0 radical (unpaired) electrons. The predicted molar refractivity (Wildman–Crippen MR) is 102 cm³/mol. The van der Waals surface area contributed by atoms with Crippen molar-refractivity contribution in [1.29, 1.82) is 0 Å². The Morgan fingerprint density at radius 3 is 1.96 bits per heavy atom. The van der Waals surface area contributed by atoms with Gasteiger partial charge in [-0.25, -0.2) is 0 Å². The lowest BCUT2D eigenvalue weighted by Gasteiger charge is -2.30. The molecule has 0 aliphatic rings. The summed E-state index contributed by atoms with van der Waals surface area (Å²) in [5.41, 5.74) is 0. The molecule has 2 atom stereocenters. The van der Waals surface area contributed by atoms with E-state index in [0.717, 1.165) is 12.2 Å². The van der Waals surface area contributed by atoms with Crippen LogP contribution in [0.2, 0.25) is 0 Å². The standard InChI is InChI=1S/C19H38O4S/c1-4-6-7-8-9-10-11-12-13-14-15-24-17(16-20)19(3,22)23-18(21)5-2/h17,20,22H,4-16H2,1-3H3. The van der Waals surface area contributed by atoms with Crippen LogP contribution in [0.1, 0.15) is 91.4 Å². The Hall–Kier alpha value is -0.260. The summed E-state index contributed by atoms with van der Waals surface area (Å²) in [7, 11) is 0. The number of thioether (sulfide) groups is 1. The summed E-state index contributed by atoms with van der Waals surface area (Å²) in [5.74, 6) is -1.19. The first-order chi connectivity index (χ1) is 11.5. The number of aliphatic hydroxyl groups is 2. The fourth-order valence-corrected chi connectivity index (χ4v) is 3.68. The highest BCUT2D eigenvalue weighted by molar-refractivity contribution is 8.00. The number of hydrogen-bond donors (Lipinski definition) is 2. The quantitative estimate of drug-likeness (QED) is 0.237. The van der Waals surface area contributed by atoms with E-state index in [1.165, 1.54) is 76.5 Å². The minimum atomic E-state index is -1.61. The van der Waals surface area contributed by atoms with Crippen LogP contribution in [0, 0.1) is 0 Å². The Kier molecular flexibility index (Phi) is 14.9. The SMILES string of the molecule is CCCCCCCCCCCCSC(CO)C(C)(O)OC(=O)CC. The van der Waals surface area contributed by atoms with Crippen LogP contribution in [0.4, 0.5) is 0 Å². The van der Waals surface area contributed by atoms with Crippen LogP contribution in [-0.2, 0) is 9.53 Å². The Bertz CT molecular complexity index is 308. The molecule has 4 nitrogen and oxygen atoms in total. The summed E-state index contributed by atoms with van der Waals surface area (Å²) in [6.45, 7) is 5.18. The molecule has 0 fully saturated rings. The van der Waals surface area contributed by atoms with E-state index in [4.69, 9.17) is 4.74 Å². The second kappa shape index (κ2) is 15.0. The van der Waals surface area contributed by atoms with E-state index >= 15 is 0 Å². The first-order valence-electron chi connectivity index (χ1n) is 9.64. The maximum Gasteiger partial charge on any atom is 0.308 e. The molecule has 0 aromatic rings. The van der Waals surface area contributed by atoms with Crippen LogP contribution in [0.5, 0.6) is 0 Å². The largest absolute Gasteiger partial charge is 0.432 e. The number of hydrogen-bond acceptors (Lipinski definition) is 5. The molecule has 0 heterocycles. The van der Waals surface area contributed by atoms with E-state index in [1.54, 1.807) is 6.92 Å². The second-order valence-electron chi connectivity index (χ2n) is 6.61. The van der Waals surface area contributed by atoms with E-state index in [9.17, 15) is 15.0 Å². The number of ether oxygens (including phenoxy) is 1. The molecule has 5 heteroatoms. The first-order valence-corrected chi connectivity index (χ1v) is 10.7. The second-order valence-corrected chi connectivity index (χ2v) is 7.92. The van der Waals surface area contributed by atoms with Gasteiger partial charge < -0.3 is 14.9 Å². The maximum atomic E-state index is 11.3. The average Bonchev–Trinajstić information content (AvgIpc) is 2.55. The zero-order valence-corrected chi connectivity index (χ0v) is 16.7. The third kappa shape index (κ3) is 12.2. The van der Waals surface area contributed by atoms with Gasteiger partial charge in [-0.1, -0.05) is 71.6 Å². The van der Waals surface area contributed by atoms with E-state index in [0.29, 0.717) is 0 Å². The lowest BCUT2D eigenvalue weighted by molar-refractivity contribution is -0.203.